The second-order valence-electron chi connectivity index (χ2n) is 4.84. The molecule has 1 aliphatic heterocycles. The van der Waals surface area contributed by atoms with Gasteiger partial charge in [-0.2, -0.15) is 0 Å². The summed E-state index contributed by atoms with van der Waals surface area (Å²) in [6.07, 6.45) is 0.609. The third-order valence-corrected chi connectivity index (χ3v) is 5.05. The lowest BCUT2D eigenvalue weighted by Crippen LogP contribution is -2.39. The molecule has 0 aromatic heterocycles. The molecule has 1 heterocycles. The zero-order chi connectivity index (χ0) is 15.5. The van der Waals surface area contributed by atoms with Crippen LogP contribution in [0.4, 0.5) is 11.4 Å². The first-order valence-electron chi connectivity index (χ1n) is 6.60. The van der Waals surface area contributed by atoms with Crippen LogP contribution in [-0.4, -0.2) is 46.4 Å². The van der Waals surface area contributed by atoms with Gasteiger partial charge in [-0.15, -0.1) is 12.4 Å². The third-order valence-electron chi connectivity index (χ3n) is 3.18. The van der Waals surface area contributed by atoms with Gasteiger partial charge in [0, 0.05) is 19.3 Å². The lowest BCUT2D eigenvalue weighted by molar-refractivity contribution is -0.118. The Morgan fingerprint density at radius 1 is 1.50 bits per heavy atom. The number of halogens is 1. The van der Waals surface area contributed by atoms with Gasteiger partial charge < -0.3 is 15.8 Å². The van der Waals surface area contributed by atoms with Crippen LogP contribution in [0.2, 0.25) is 0 Å². The van der Waals surface area contributed by atoms with Crippen molar-refractivity contribution in [1.29, 1.82) is 0 Å². The average molecular weight is 350 g/mol. The van der Waals surface area contributed by atoms with Gasteiger partial charge >= 0.3 is 0 Å². The predicted octanol–water partition coefficient (Wildman–Crippen LogP) is 0.560. The molecule has 0 saturated carbocycles. The highest BCUT2D eigenvalue weighted by molar-refractivity contribution is 7.93. The normalized spacial score (nSPS) is 17.6. The van der Waals surface area contributed by atoms with E-state index >= 15 is 0 Å². The number of hydrogen-bond acceptors (Lipinski definition) is 5. The van der Waals surface area contributed by atoms with E-state index < -0.39 is 16.1 Å². The van der Waals surface area contributed by atoms with Crippen molar-refractivity contribution in [3.05, 3.63) is 24.3 Å². The predicted molar refractivity (Wildman–Crippen MR) is 87.9 cm³/mol. The molecule has 0 bridgehead atoms. The monoisotopic (exact) mass is 349 g/mol. The van der Waals surface area contributed by atoms with Crippen LogP contribution in [0.3, 0.4) is 0 Å². The van der Waals surface area contributed by atoms with Crippen molar-refractivity contribution in [2.45, 2.75) is 12.5 Å². The molecule has 1 aliphatic rings. The van der Waals surface area contributed by atoms with Crippen LogP contribution in [0, 0.1) is 0 Å². The van der Waals surface area contributed by atoms with E-state index in [0.29, 0.717) is 24.3 Å². The molecule has 1 aromatic carbocycles. The fourth-order valence-electron chi connectivity index (χ4n) is 2.16. The minimum atomic E-state index is -3.23. The van der Waals surface area contributed by atoms with Crippen molar-refractivity contribution >= 4 is 39.7 Å². The number of ether oxygens (including phenoxy) is 1. The smallest absolute Gasteiger partial charge is 0.243 e. The second kappa shape index (κ2) is 7.77. The summed E-state index contributed by atoms with van der Waals surface area (Å²) in [6.45, 7) is 0.578. The van der Waals surface area contributed by atoms with Crippen LogP contribution in [0.5, 0.6) is 0 Å². The average Bonchev–Trinajstić information content (AvgIpc) is 2.79. The van der Waals surface area contributed by atoms with E-state index in [1.807, 2.05) is 0 Å². The summed E-state index contributed by atoms with van der Waals surface area (Å²) in [5.74, 6) is -0.222. The fraction of sp³-hybridized carbons (Fsp3) is 0.462. The maximum absolute atomic E-state index is 11.9. The summed E-state index contributed by atoms with van der Waals surface area (Å²) in [4.78, 5) is 11.8. The number of carbonyl (C=O) groups excluding carboxylic acids is 1. The Hall–Kier alpha value is -1.35. The molecule has 1 aromatic rings. The SMILES string of the molecule is COCC(N)C(=O)Nc1cccc(N2CCCS2(=O)=O)c1.Cl. The number of nitrogens with one attached hydrogen (secondary N) is 1. The number of amides is 1. The molecule has 3 N–H and O–H groups in total. The van der Waals surface area contributed by atoms with Gasteiger partial charge in [0.15, 0.2) is 0 Å². The first kappa shape index (κ1) is 18.7. The van der Waals surface area contributed by atoms with Crippen molar-refractivity contribution in [3.8, 4) is 0 Å². The molecule has 0 radical (unpaired) electrons. The quantitative estimate of drug-likeness (QED) is 0.808. The summed E-state index contributed by atoms with van der Waals surface area (Å²) >= 11 is 0. The highest BCUT2D eigenvalue weighted by atomic mass is 35.5. The topological polar surface area (TPSA) is 102 Å². The molecule has 124 valence electrons. The maximum Gasteiger partial charge on any atom is 0.243 e. The molecular formula is C13H20ClN3O4S. The number of methoxy groups -OCH3 is 1. The minimum Gasteiger partial charge on any atom is -0.383 e. The van der Waals surface area contributed by atoms with Crippen LogP contribution >= 0.6 is 12.4 Å². The molecule has 0 aliphatic carbocycles. The molecule has 9 heteroatoms. The van der Waals surface area contributed by atoms with Gasteiger partial charge in [0.2, 0.25) is 15.9 Å². The Balaban J connectivity index is 0.00000242. The molecular weight excluding hydrogens is 330 g/mol. The van der Waals surface area contributed by atoms with Gasteiger partial charge in [-0.25, -0.2) is 8.42 Å². The Bertz CT molecular complexity index is 623. The number of carbonyl (C=O) groups is 1. The Labute approximate surface area is 136 Å². The van der Waals surface area contributed by atoms with Gasteiger partial charge in [-0.3, -0.25) is 9.10 Å². The van der Waals surface area contributed by atoms with Gasteiger partial charge in [-0.05, 0) is 24.6 Å². The third kappa shape index (κ3) is 4.33. The molecule has 7 nitrogen and oxygen atoms in total. The molecule has 1 amide bonds. The fourth-order valence-corrected chi connectivity index (χ4v) is 3.71. The number of hydrogen-bond donors (Lipinski definition) is 2. The molecule has 0 spiro atoms. The van der Waals surface area contributed by atoms with Crippen molar-refractivity contribution in [1.82, 2.24) is 0 Å². The number of anilines is 2. The molecule has 2 rings (SSSR count). The van der Waals surface area contributed by atoms with Gasteiger partial charge in [0.05, 0.1) is 18.0 Å². The first-order chi connectivity index (χ1) is 9.94. The highest BCUT2D eigenvalue weighted by Crippen LogP contribution is 2.26. The minimum absolute atomic E-state index is 0. The van der Waals surface area contributed by atoms with E-state index in [4.69, 9.17) is 10.5 Å². The zero-order valence-corrected chi connectivity index (χ0v) is 13.8. The summed E-state index contributed by atoms with van der Waals surface area (Å²) in [5, 5.41) is 2.65. The number of nitrogens with two attached hydrogens (primary N) is 1. The molecule has 1 saturated heterocycles. The van der Waals surface area contributed by atoms with Gasteiger partial charge in [-0.1, -0.05) is 6.07 Å². The van der Waals surface area contributed by atoms with Gasteiger partial charge in [0.25, 0.3) is 0 Å². The number of rotatable bonds is 5. The summed E-state index contributed by atoms with van der Waals surface area (Å²) in [5.41, 5.74) is 6.69. The van der Waals surface area contributed by atoms with E-state index in [1.165, 1.54) is 11.4 Å². The first-order valence-corrected chi connectivity index (χ1v) is 8.21. The summed E-state index contributed by atoms with van der Waals surface area (Å²) in [7, 11) is -1.77. The molecule has 1 unspecified atom stereocenters. The maximum atomic E-state index is 11.9. The van der Waals surface area contributed by atoms with Crippen LogP contribution in [0.15, 0.2) is 24.3 Å². The number of sulfonamides is 1. The Kier molecular flexibility index (Phi) is 6.61. The van der Waals surface area contributed by atoms with Crippen LogP contribution in [0.1, 0.15) is 6.42 Å². The number of nitrogens with zero attached hydrogens (tertiary/aromatic N) is 1. The van der Waals surface area contributed by atoms with Crippen LogP contribution < -0.4 is 15.4 Å². The summed E-state index contributed by atoms with van der Waals surface area (Å²) in [6, 6.07) is 5.94. The Morgan fingerprint density at radius 3 is 2.82 bits per heavy atom. The molecule has 1 atom stereocenters. The van der Waals surface area contributed by atoms with E-state index in [1.54, 1.807) is 24.3 Å². The van der Waals surface area contributed by atoms with Gasteiger partial charge in [0.1, 0.15) is 6.04 Å². The van der Waals surface area contributed by atoms with E-state index in [9.17, 15) is 13.2 Å². The lowest BCUT2D eigenvalue weighted by Gasteiger charge is -2.18. The molecule has 22 heavy (non-hydrogen) atoms. The van der Waals surface area contributed by atoms with Crippen LogP contribution in [0.25, 0.3) is 0 Å². The zero-order valence-electron chi connectivity index (χ0n) is 12.2. The Morgan fingerprint density at radius 2 is 2.23 bits per heavy atom. The summed E-state index contributed by atoms with van der Waals surface area (Å²) < 4.78 is 30.0. The lowest BCUT2D eigenvalue weighted by atomic mass is 10.2. The number of benzene rings is 1. The second-order valence-corrected chi connectivity index (χ2v) is 6.86. The van der Waals surface area contributed by atoms with Crippen molar-refractivity contribution in [2.75, 3.05) is 35.6 Å². The van der Waals surface area contributed by atoms with E-state index in [-0.39, 0.29) is 30.7 Å². The van der Waals surface area contributed by atoms with Crippen LogP contribution in [-0.2, 0) is 19.6 Å². The highest BCUT2D eigenvalue weighted by Gasteiger charge is 2.28. The van der Waals surface area contributed by atoms with Crippen molar-refractivity contribution in [3.63, 3.8) is 0 Å². The van der Waals surface area contributed by atoms with Crippen molar-refractivity contribution < 1.29 is 17.9 Å². The van der Waals surface area contributed by atoms with Crippen molar-refractivity contribution in [2.24, 2.45) is 5.73 Å². The largest absolute Gasteiger partial charge is 0.383 e. The van der Waals surface area contributed by atoms with E-state index in [0.717, 1.165) is 0 Å². The molecule has 1 fully saturated rings. The standard InChI is InChI=1S/C13H19N3O4S.ClH/c1-20-9-12(14)13(17)15-10-4-2-5-11(8-10)16-6-3-7-21(16,18)19;/h2,4-5,8,12H,3,6-7,9,14H2,1H3,(H,15,17);1H. The van der Waals surface area contributed by atoms with E-state index in [2.05, 4.69) is 5.32 Å².